The van der Waals surface area contributed by atoms with Crippen LogP contribution in [0.15, 0.2) is 12.2 Å². The van der Waals surface area contributed by atoms with Crippen molar-refractivity contribution in [2.75, 3.05) is 6.61 Å². The fraction of sp³-hybridized carbons (Fsp3) is 0.929. The van der Waals surface area contributed by atoms with Gasteiger partial charge in [-0.05, 0) is 19.3 Å². The van der Waals surface area contributed by atoms with E-state index in [4.69, 9.17) is 0 Å². The van der Waals surface area contributed by atoms with Crippen LogP contribution in [0.2, 0.25) is 0 Å². The molecule has 0 aromatic carbocycles. The Bertz CT molecular complexity index is 655. The fourth-order valence-corrected chi connectivity index (χ4v) is 6.58. The van der Waals surface area contributed by atoms with E-state index < -0.39 is 18.2 Å². The van der Waals surface area contributed by atoms with Crippen LogP contribution < -0.4 is 5.32 Å². The second-order valence-electron chi connectivity index (χ2n) is 14.6. The van der Waals surface area contributed by atoms with Gasteiger partial charge in [0.25, 0.3) is 0 Å². The third-order valence-electron chi connectivity index (χ3n) is 9.82. The van der Waals surface area contributed by atoms with Crippen LogP contribution in [-0.2, 0) is 4.79 Å². The van der Waals surface area contributed by atoms with E-state index in [0.29, 0.717) is 6.42 Å². The van der Waals surface area contributed by atoms with E-state index in [1.165, 1.54) is 173 Å². The molecule has 0 heterocycles. The molecule has 5 heteroatoms. The van der Waals surface area contributed by atoms with Gasteiger partial charge in [0.2, 0.25) is 5.91 Å². The van der Waals surface area contributed by atoms with Crippen molar-refractivity contribution in [2.24, 2.45) is 0 Å². The van der Waals surface area contributed by atoms with Crippen LogP contribution in [0.1, 0.15) is 226 Å². The fourth-order valence-electron chi connectivity index (χ4n) is 6.58. The molecule has 0 saturated heterocycles. The quantitative estimate of drug-likeness (QED) is 0.0390. The first-order chi connectivity index (χ1) is 23.0. The molecule has 0 aromatic rings. The zero-order valence-corrected chi connectivity index (χ0v) is 31.7. The van der Waals surface area contributed by atoms with Gasteiger partial charge < -0.3 is 20.6 Å². The summed E-state index contributed by atoms with van der Waals surface area (Å²) < 4.78 is 0. The number of aliphatic hydroxyl groups is 3. The van der Waals surface area contributed by atoms with Gasteiger partial charge in [0.15, 0.2) is 0 Å². The minimum atomic E-state index is -0.922. The van der Waals surface area contributed by atoms with Crippen molar-refractivity contribution < 1.29 is 20.1 Å². The molecule has 47 heavy (non-hydrogen) atoms. The zero-order valence-electron chi connectivity index (χ0n) is 31.7. The lowest BCUT2D eigenvalue weighted by atomic mass is 10.0. The molecule has 4 N–H and O–H groups in total. The van der Waals surface area contributed by atoms with Gasteiger partial charge in [-0.2, -0.15) is 0 Å². The van der Waals surface area contributed by atoms with Crippen molar-refractivity contribution in [2.45, 2.75) is 244 Å². The Hall–Kier alpha value is -0.910. The highest BCUT2D eigenvalue weighted by Gasteiger charge is 2.20. The summed E-state index contributed by atoms with van der Waals surface area (Å²) in [6.07, 6.45) is 43.8. The van der Waals surface area contributed by atoms with Crippen LogP contribution in [0.25, 0.3) is 0 Å². The molecule has 0 aliphatic heterocycles. The number of carbonyl (C=O) groups is 1. The molecule has 0 rings (SSSR count). The molecule has 5 nitrogen and oxygen atoms in total. The smallest absolute Gasteiger partial charge is 0.222 e. The number of hydrogen-bond donors (Lipinski definition) is 4. The van der Waals surface area contributed by atoms with Crippen molar-refractivity contribution in [3.05, 3.63) is 12.2 Å². The standard InChI is InChI=1S/C42H83NO4/c1-3-5-7-9-11-12-13-14-15-16-17-18-19-20-21-22-23-24-25-26-27-28-30-32-34-36-41(46)40(38-44)43-42(47)37-39(45)35-33-31-29-10-8-6-4-2/h34,36,39-41,44-46H,3-33,35,37-38H2,1-2H3,(H,43,47)/b36-34+. The summed E-state index contributed by atoms with van der Waals surface area (Å²) in [5.41, 5.74) is 0. The second kappa shape index (κ2) is 37.9. The van der Waals surface area contributed by atoms with Crippen LogP contribution in [0.5, 0.6) is 0 Å². The molecule has 280 valence electrons. The van der Waals surface area contributed by atoms with Crippen LogP contribution in [0.3, 0.4) is 0 Å². The average molecular weight is 666 g/mol. The number of amides is 1. The van der Waals surface area contributed by atoms with Gasteiger partial charge in [0.05, 0.1) is 31.3 Å². The average Bonchev–Trinajstić information content (AvgIpc) is 3.06. The largest absolute Gasteiger partial charge is 0.394 e. The summed E-state index contributed by atoms with van der Waals surface area (Å²) in [5, 5.41) is 33.0. The number of allylic oxidation sites excluding steroid dienone is 1. The summed E-state index contributed by atoms with van der Waals surface area (Å²) in [5.74, 6) is -0.318. The van der Waals surface area contributed by atoms with Crippen LogP contribution >= 0.6 is 0 Å². The molecule has 0 aliphatic rings. The van der Waals surface area contributed by atoms with Crippen LogP contribution in [0.4, 0.5) is 0 Å². The first-order valence-corrected chi connectivity index (χ1v) is 21.0. The van der Waals surface area contributed by atoms with E-state index in [0.717, 1.165) is 25.7 Å². The first kappa shape index (κ1) is 46.1. The maximum atomic E-state index is 12.3. The van der Waals surface area contributed by atoms with E-state index in [-0.39, 0.29) is 18.9 Å². The molecule has 3 unspecified atom stereocenters. The number of nitrogens with one attached hydrogen (secondary N) is 1. The molecule has 1 amide bonds. The van der Waals surface area contributed by atoms with Crippen molar-refractivity contribution in [1.82, 2.24) is 5.32 Å². The molecule has 0 saturated carbocycles. The molecule has 3 atom stereocenters. The highest BCUT2D eigenvalue weighted by Crippen LogP contribution is 2.16. The summed E-state index contributed by atoms with van der Waals surface area (Å²) in [6.45, 7) is 4.17. The maximum absolute atomic E-state index is 12.3. The monoisotopic (exact) mass is 666 g/mol. The Morgan fingerprint density at radius 1 is 0.532 bits per heavy atom. The van der Waals surface area contributed by atoms with Gasteiger partial charge in [-0.1, -0.05) is 212 Å². The van der Waals surface area contributed by atoms with E-state index in [9.17, 15) is 20.1 Å². The maximum Gasteiger partial charge on any atom is 0.222 e. The Morgan fingerprint density at radius 3 is 1.23 bits per heavy atom. The number of rotatable bonds is 38. The van der Waals surface area contributed by atoms with Gasteiger partial charge in [-0.15, -0.1) is 0 Å². The second-order valence-corrected chi connectivity index (χ2v) is 14.6. The van der Waals surface area contributed by atoms with Gasteiger partial charge in [-0.3, -0.25) is 4.79 Å². The lowest BCUT2D eigenvalue weighted by Crippen LogP contribution is -2.45. The highest BCUT2D eigenvalue weighted by atomic mass is 16.3. The third-order valence-corrected chi connectivity index (χ3v) is 9.82. The molecule has 0 aliphatic carbocycles. The zero-order chi connectivity index (χ0) is 34.5. The predicted molar refractivity (Wildman–Crippen MR) is 204 cm³/mol. The molecular formula is C42H83NO4. The molecule has 0 bridgehead atoms. The van der Waals surface area contributed by atoms with E-state index in [1.807, 2.05) is 6.08 Å². The lowest BCUT2D eigenvalue weighted by Gasteiger charge is -2.21. The van der Waals surface area contributed by atoms with Crippen LogP contribution in [-0.4, -0.2) is 46.1 Å². The minimum Gasteiger partial charge on any atom is -0.394 e. The van der Waals surface area contributed by atoms with Gasteiger partial charge in [0.1, 0.15) is 0 Å². The Balaban J connectivity index is 3.54. The third kappa shape index (κ3) is 34.7. The normalized spacial score (nSPS) is 13.7. The van der Waals surface area contributed by atoms with E-state index in [1.54, 1.807) is 6.08 Å². The first-order valence-electron chi connectivity index (χ1n) is 21.0. The van der Waals surface area contributed by atoms with E-state index >= 15 is 0 Å². The van der Waals surface area contributed by atoms with Crippen molar-refractivity contribution in [3.63, 3.8) is 0 Å². The lowest BCUT2D eigenvalue weighted by molar-refractivity contribution is -0.124. The summed E-state index contributed by atoms with van der Waals surface area (Å²) in [7, 11) is 0. The molecule has 0 aromatic heterocycles. The topological polar surface area (TPSA) is 89.8 Å². The van der Waals surface area contributed by atoms with Crippen LogP contribution in [0, 0.1) is 0 Å². The number of hydrogen-bond acceptors (Lipinski definition) is 4. The van der Waals surface area contributed by atoms with Gasteiger partial charge >= 0.3 is 0 Å². The van der Waals surface area contributed by atoms with Gasteiger partial charge in [0, 0.05) is 0 Å². The van der Waals surface area contributed by atoms with E-state index in [2.05, 4.69) is 19.2 Å². The van der Waals surface area contributed by atoms with Gasteiger partial charge in [-0.25, -0.2) is 0 Å². The summed E-state index contributed by atoms with van der Waals surface area (Å²) >= 11 is 0. The highest BCUT2D eigenvalue weighted by molar-refractivity contribution is 5.76. The number of unbranched alkanes of at least 4 members (excludes halogenated alkanes) is 29. The Labute approximate surface area is 293 Å². The summed E-state index contributed by atoms with van der Waals surface area (Å²) in [4.78, 5) is 12.3. The predicted octanol–water partition coefficient (Wildman–Crippen LogP) is 11.7. The Morgan fingerprint density at radius 2 is 0.872 bits per heavy atom. The van der Waals surface area contributed by atoms with Crippen molar-refractivity contribution >= 4 is 5.91 Å². The Kier molecular flexibility index (Phi) is 37.2. The molecular weight excluding hydrogens is 582 g/mol. The number of carbonyl (C=O) groups excluding carboxylic acids is 1. The molecule has 0 fully saturated rings. The minimum absolute atomic E-state index is 0.0161. The van der Waals surface area contributed by atoms with Crippen molar-refractivity contribution in [3.8, 4) is 0 Å². The van der Waals surface area contributed by atoms with Crippen molar-refractivity contribution in [1.29, 1.82) is 0 Å². The SMILES string of the molecule is CCCCCCCCCCCCCCCCCCCCCCCCC/C=C/C(O)C(CO)NC(=O)CC(O)CCCCCCCCC. The molecule has 0 spiro atoms. The summed E-state index contributed by atoms with van der Waals surface area (Å²) in [6, 6.07) is -0.737. The molecule has 0 radical (unpaired) electrons. The number of aliphatic hydroxyl groups excluding tert-OH is 3.